The number of hydrogen-bond acceptors (Lipinski definition) is 0. The van der Waals surface area contributed by atoms with E-state index in [1.807, 2.05) is 13.8 Å². The van der Waals surface area contributed by atoms with Gasteiger partial charge < -0.3 is 0 Å². The van der Waals surface area contributed by atoms with E-state index in [0.29, 0.717) is 18.1 Å². The standard InChI is InChI=1S/C13H16F4/c1-3-5-9(4-2)10-6-11(13(15,16)17)8-12(14)7-10/h6-9H,3-5H2,1-2H3/t9-/m1/s1. The van der Waals surface area contributed by atoms with Gasteiger partial charge in [-0.2, -0.15) is 13.2 Å². The molecular formula is C13H16F4. The first-order valence-electron chi connectivity index (χ1n) is 5.76. The van der Waals surface area contributed by atoms with E-state index in [1.54, 1.807) is 0 Å². The van der Waals surface area contributed by atoms with Gasteiger partial charge in [0.05, 0.1) is 5.56 Å². The highest BCUT2D eigenvalue weighted by atomic mass is 19.4. The van der Waals surface area contributed by atoms with Crippen LogP contribution in [0, 0.1) is 5.82 Å². The summed E-state index contributed by atoms with van der Waals surface area (Å²) in [4.78, 5) is 0. The Balaban J connectivity index is 3.12. The molecule has 0 heterocycles. The van der Waals surface area contributed by atoms with E-state index in [0.717, 1.165) is 18.9 Å². The SMILES string of the molecule is CCC[C@@H](CC)c1cc(F)cc(C(F)(F)F)c1. The zero-order valence-corrected chi connectivity index (χ0v) is 9.94. The van der Waals surface area contributed by atoms with Crippen molar-refractivity contribution in [1.29, 1.82) is 0 Å². The number of hydrogen-bond donors (Lipinski definition) is 0. The van der Waals surface area contributed by atoms with Crippen molar-refractivity contribution < 1.29 is 17.6 Å². The van der Waals surface area contributed by atoms with Crippen molar-refractivity contribution in [3.8, 4) is 0 Å². The zero-order chi connectivity index (χ0) is 13.1. The van der Waals surface area contributed by atoms with E-state index in [-0.39, 0.29) is 5.92 Å². The molecule has 0 unspecified atom stereocenters. The summed E-state index contributed by atoms with van der Waals surface area (Å²) in [5, 5.41) is 0. The van der Waals surface area contributed by atoms with E-state index in [1.165, 1.54) is 6.07 Å². The third-order valence-corrected chi connectivity index (χ3v) is 2.85. The second-order valence-electron chi connectivity index (χ2n) is 4.16. The molecule has 0 bridgehead atoms. The first-order chi connectivity index (χ1) is 7.88. The van der Waals surface area contributed by atoms with Crippen LogP contribution in [-0.2, 0) is 6.18 Å². The highest BCUT2D eigenvalue weighted by molar-refractivity contribution is 5.29. The molecule has 0 aliphatic rings. The number of alkyl halides is 3. The van der Waals surface area contributed by atoms with Gasteiger partial charge in [0.25, 0.3) is 0 Å². The first kappa shape index (κ1) is 14.0. The van der Waals surface area contributed by atoms with E-state index in [4.69, 9.17) is 0 Å². The predicted octanol–water partition coefficient (Wildman–Crippen LogP) is 5.14. The third kappa shape index (κ3) is 3.72. The minimum Gasteiger partial charge on any atom is -0.207 e. The van der Waals surface area contributed by atoms with Gasteiger partial charge in [-0.05, 0) is 42.5 Å². The van der Waals surface area contributed by atoms with Gasteiger partial charge >= 0.3 is 6.18 Å². The summed E-state index contributed by atoms with van der Waals surface area (Å²) in [6.45, 7) is 3.87. The van der Waals surface area contributed by atoms with Gasteiger partial charge in [0.1, 0.15) is 5.82 Å². The van der Waals surface area contributed by atoms with E-state index >= 15 is 0 Å². The lowest BCUT2D eigenvalue weighted by atomic mass is 9.91. The molecule has 0 fully saturated rings. The molecule has 0 amide bonds. The Hall–Kier alpha value is -1.06. The summed E-state index contributed by atoms with van der Waals surface area (Å²) in [5.74, 6) is -0.818. The molecule has 0 aliphatic heterocycles. The molecule has 0 spiro atoms. The quantitative estimate of drug-likeness (QED) is 0.647. The van der Waals surface area contributed by atoms with Crippen molar-refractivity contribution in [1.82, 2.24) is 0 Å². The normalized spacial score (nSPS) is 13.8. The van der Waals surface area contributed by atoms with E-state index < -0.39 is 17.6 Å². The number of rotatable bonds is 4. The zero-order valence-electron chi connectivity index (χ0n) is 9.94. The lowest BCUT2D eigenvalue weighted by Crippen LogP contribution is -2.08. The fourth-order valence-electron chi connectivity index (χ4n) is 1.97. The maximum Gasteiger partial charge on any atom is 0.416 e. The molecule has 1 aromatic rings. The Morgan fingerprint density at radius 3 is 2.24 bits per heavy atom. The van der Waals surface area contributed by atoms with Crippen LogP contribution in [0.2, 0.25) is 0 Å². The third-order valence-electron chi connectivity index (χ3n) is 2.85. The van der Waals surface area contributed by atoms with Crippen molar-refractivity contribution in [2.75, 3.05) is 0 Å². The van der Waals surface area contributed by atoms with Crippen LogP contribution < -0.4 is 0 Å². The second-order valence-corrected chi connectivity index (χ2v) is 4.16. The highest BCUT2D eigenvalue weighted by Gasteiger charge is 2.31. The monoisotopic (exact) mass is 248 g/mol. The van der Waals surface area contributed by atoms with Gasteiger partial charge in [-0.15, -0.1) is 0 Å². The highest BCUT2D eigenvalue weighted by Crippen LogP contribution is 2.33. The topological polar surface area (TPSA) is 0 Å². The van der Waals surface area contributed by atoms with Crippen LogP contribution >= 0.6 is 0 Å². The van der Waals surface area contributed by atoms with Crippen LogP contribution in [0.3, 0.4) is 0 Å². The van der Waals surface area contributed by atoms with Crippen molar-refractivity contribution >= 4 is 0 Å². The Morgan fingerprint density at radius 1 is 1.12 bits per heavy atom. The molecule has 0 aliphatic carbocycles. The Kier molecular flexibility index (Phi) is 4.54. The minimum atomic E-state index is -4.48. The maximum atomic E-state index is 13.2. The van der Waals surface area contributed by atoms with Gasteiger partial charge in [0.15, 0.2) is 0 Å². The Morgan fingerprint density at radius 2 is 1.76 bits per heavy atom. The van der Waals surface area contributed by atoms with Crippen molar-refractivity contribution in [2.45, 2.75) is 45.2 Å². The van der Waals surface area contributed by atoms with Crippen LogP contribution in [0.4, 0.5) is 17.6 Å². The van der Waals surface area contributed by atoms with Gasteiger partial charge in [-0.25, -0.2) is 4.39 Å². The molecule has 17 heavy (non-hydrogen) atoms. The van der Waals surface area contributed by atoms with Crippen LogP contribution in [0.1, 0.15) is 50.2 Å². The smallest absolute Gasteiger partial charge is 0.207 e. The molecule has 1 aromatic carbocycles. The summed E-state index contributed by atoms with van der Waals surface area (Å²) >= 11 is 0. The van der Waals surface area contributed by atoms with Crippen molar-refractivity contribution in [3.63, 3.8) is 0 Å². The van der Waals surface area contributed by atoms with Crippen LogP contribution in [0.15, 0.2) is 18.2 Å². The Labute approximate surface area is 98.6 Å². The largest absolute Gasteiger partial charge is 0.416 e. The molecule has 1 rings (SSSR count). The average Bonchev–Trinajstić information content (AvgIpc) is 2.23. The summed E-state index contributed by atoms with van der Waals surface area (Å²) in [6, 6.07) is 2.81. The first-order valence-corrected chi connectivity index (χ1v) is 5.76. The lowest BCUT2D eigenvalue weighted by molar-refractivity contribution is -0.137. The second kappa shape index (κ2) is 5.52. The van der Waals surface area contributed by atoms with Crippen LogP contribution in [-0.4, -0.2) is 0 Å². The van der Waals surface area contributed by atoms with E-state index in [9.17, 15) is 17.6 Å². The fourth-order valence-corrected chi connectivity index (χ4v) is 1.97. The number of halogens is 4. The molecule has 0 aromatic heterocycles. The summed E-state index contributed by atoms with van der Waals surface area (Å²) in [5.41, 5.74) is -0.455. The number of benzene rings is 1. The van der Waals surface area contributed by atoms with Crippen molar-refractivity contribution in [2.24, 2.45) is 0 Å². The molecule has 0 radical (unpaired) electrons. The molecule has 0 nitrogen and oxygen atoms in total. The van der Waals surface area contributed by atoms with Gasteiger partial charge in [0, 0.05) is 0 Å². The molecular weight excluding hydrogens is 232 g/mol. The van der Waals surface area contributed by atoms with Crippen LogP contribution in [0.25, 0.3) is 0 Å². The molecule has 1 atom stereocenters. The minimum absolute atomic E-state index is 0.00296. The average molecular weight is 248 g/mol. The van der Waals surface area contributed by atoms with Gasteiger partial charge in [-0.1, -0.05) is 20.3 Å². The summed E-state index contributed by atoms with van der Waals surface area (Å²) in [6.07, 6.45) is -2.12. The van der Waals surface area contributed by atoms with Crippen LogP contribution in [0.5, 0.6) is 0 Å². The van der Waals surface area contributed by atoms with Gasteiger partial charge in [-0.3, -0.25) is 0 Å². The summed E-state index contributed by atoms with van der Waals surface area (Å²) in [7, 11) is 0. The summed E-state index contributed by atoms with van der Waals surface area (Å²) < 4.78 is 50.8. The molecule has 0 N–H and O–H groups in total. The molecule has 0 saturated heterocycles. The van der Waals surface area contributed by atoms with Crippen molar-refractivity contribution in [3.05, 3.63) is 35.1 Å². The van der Waals surface area contributed by atoms with Gasteiger partial charge in [0.2, 0.25) is 0 Å². The maximum absolute atomic E-state index is 13.2. The van der Waals surface area contributed by atoms with E-state index in [2.05, 4.69) is 0 Å². The Bertz CT molecular complexity index is 368. The fraction of sp³-hybridized carbons (Fsp3) is 0.538. The predicted molar refractivity (Wildman–Crippen MR) is 59.3 cm³/mol. The molecule has 4 heteroatoms. The molecule has 0 saturated carbocycles. The lowest BCUT2D eigenvalue weighted by Gasteiger charge is -2.16. The molecule has 96 valence electrons.